The molecule has 0 aliphatic rings. The van der Waals surface area contributed by atoms with Gasteiger partial charge in [0.15, 0.2) is 0 Å². The van der Waals surface area contributed by atoms with Crippen molar-refractivity contribution >= 4 is 23.0 Å². The fourth-order valence-electron chi connectivity index (χ4n) is 2.41. The lowest BCUT2D eigenvalue weighted by atomic mass is 9.94. The van der Waals surface area contributed by atoms with Crippen LogP contribution in [-0.4, -0.2) is 11.3 Å². The zero-order valence-electron chi connectivity index (χ0n) is 14.6. The summed E-state index contributed by atoms with van der Waals surface area (Å²) in [5, 5.41) is 0.775. The highest BCUT2D eigenvalue weighted by Crippen LogP contribution is 2.25. The van der Waals surface area contributed by atoms with Gasteiger partial charge in [-0.15, -0.1) is 0 Å². The Labute approximate surface area is 144 Å². The molecule has 0 aromatic heterocycles. The van der Waals surface area contributed by atoms with E-state index in [1.165, 1.54) is 0 Å². The zero-order valence-corrected chi connectivity index (χ0v) is 15.3. The summed E-state index contributed by atoms with van der Waals surface area (Å²) in [5.74, 6) is 0. The maximum absolute atomic E-state index is 6.19. The summed E-state index contributed by atoms with van der Waals surface area (Å²) in [6.45, 7) is 10.6. The number of nitrogens with zero attached hydrogens (tertiary/aromatic N) is 1. The number of hydrogen-bond acceptors (Lipinski definition) is 2. The molecule has 0 saturated carbocycles. The van der Waals surface area contributed by atoms with E-state index in [1.54, 1.807) is 0 Å². The average molecular weight is 329 g/mol. The highest BCUT2D eigenvalue weighted by atomic mass is 35.5. The standard InChI is InChI=1S/C20H25ClN2/c1-6-20(4,5)23-19(15-7-10-18(21)14(3)11-15)17-9-8-16(22)12-13(17)2/h7-12H,6,22H2,1-5H3. The largest absolute Gasteiger partial charge is 0.399 e. The van der Waals surface area contributed by atoms with E-state index < -0.39 is 0 Å². The molecule has 122 valence electrons. The van der Waals surface area contributed by atoms with E-state index >= 15 is 0 Å². The average Bonchev–Trinajstić information content (AvgIpc) is 2.48. The molecule has 2 rings (SSSR count). The van der Waals surface area contributed by atoms with Gasteiger partial charge in [-0.1, -0.05) is 30.7 Å². The van der Waals surface area contributed by atoms with E-state index in [4.69, 9.17) is 22.3 Å². The van der Waals surface area contributed by atoms with Crippen LogP contribution in [0.2, 0.25) is 5.02 Å². The number of aliphatic imine (C=N–C) groups is 1. The van der Waals surface area contributed by atoms with Gasteiger partial charge in [-0.05, 0) is 69.5 Å². The summed E-state index contributed by atoms with van der Waals surface area (Å²) in [7, 11) is 0. The highest BCUT2D eigenvalue weighted by Gasteiger charge is 2.18. The van der Waals surface area contributed by atoms with Gasteiger partial charge in [-0.25, -0.2) is 0 Å². The third-order valence-electron chi connectivity index (χ3n) is 4.22. The first kappa shape index (κ1) is 17.6. The van der Waals surface area contributed by atoms with Gasteiger partial charge in [0.1, 0.15) is 0 Å². The molecule has 2 aromatic rings. The molecule has 0 atom stereocenters. The van der Waals surface area contributed by atoms with Crippen molar-refractivity contribution in [1.29, 1.82) is 0 Å². The normalized spacial score (nSPS) is 12.5. The lowest BCUT2D eigenvalue weighted by Gasteiger charge is -2.21. The van der Waals surface area contributed by atoms with E-state index in [2.05, 4.69) is 39.8 Å². The number of nitrogens with two attached hydrogens (primary N) is 1. The maximum atomic E-state index is 6.19. The van der Waals surface area contributed by atoms with Crippen molar-refractivity contribution < 1.29 is 0 Å². The quantitative estimate of drug-likeness (QED) is 0.578. The Hall–Kier alpha value is -1.80. The smallest absolute Gasteiger partial charge is 0.0728 e. The summed E-state index contributed by atoms with van der Waals surface area (Å²) in [6.07, 6.45) is 0.969. The maximum Gasteiger partial charge on any atom is 0.0728 e. The molecule has 0 bridgehead atoms. The van der Waals surface area contributed by atoms with Gasteiger partial charge in [-0.2, -0.15) is 0 Å². The minimum atomic E-state index is -0.128. The fraction of sp³-hybridized carbons (Fsp3) is 0.350. The second-order valence-corrected chi connectivity index (χ2v) is 7.07. The van der Waals surface area contributed by atoms with Crippen molar-refractivity contribution in [3.05, 3.63) is 63.7 Å². The van der Waals surface area contributed by atoms with E-state index in [9.17, 15) is 0 Å². The monoisotopic (exact) mass is 328 g/mol. The molecule has 2 nitrogen and oxygen atoms in total. The van der Waals surface area contributed by atoms with Crippen LogP contribution >= 0.6 is 11.6 Å². The number of hydrogen-bond donors (Lipinski definition) is 1. The van der Waals surface area contributed by atoms with Gasteiger partial charge in [0.25, 0.3) is 0 Å². The third-order valence-corrected chi connectivity index (χ3v) is 4.64. The van der Waals surface area contributed by atoms with E-state index in [0.29, 0.717) is 0 Å². The van der Waals surface area contributed by atoms with Crippen LogP contribution in [0, 0.1) is 13.8 Å². The Morgan fingerprint density at radius 3 is 2.35 bits per heavy atom. The van der Waals surface area contributed by atoms with E-state index in [0.717, 1.165) is 45.1 Å². The first-order valence-corrected chi connectivity index (χ1v) is 8.34. The minimum absolute atomic E-state index is 0.128. The molecule has 0 amide bonds. The van der Waals surface area contributed by atoms with Crippen LogP contribution < -0.4 is 5.73 Å². The van der Waals surface area contributed by atoms with Crippen LogP contribution in [0.15, 0.2) is 41.4 Å². The van der Waals surface area contributed by atoms with Gasteiger partial charge in [0.05, 0.1) is 11.3 Å². The number of anilines is 1. The van der Waals surface area contributed by atoms with E-state index in [1.807, 2.05) is 31.2 Å². The number of halogens is 1. The van der Waals surface area contributed by atoms with Gasteiger partial charge >= 0.3 is 0 Å². The van der Waals surface area contributed by atoms with Gasteiger partial charge in [-0.3, -0.25) is 4.99 Å². The second-order valence-electron chi connectivity index (χ2n) is 6.66. The Bertz CT molecular complexity index is 745. The highest BCUT2D eigenvalue weighted by molar-refractivity contribution is 6.31. The van der Waals surface area contributed by atoms with Crippen LogP contribution in [0.1, 0.15) is 49.4 Å². The molecule has 0 spiro atoms. The van der Waals surface area contributed by atoms with Crippen molar-refractivity contribution in [1.82, 2.24) is 0 Å². The molecular weight excluding hydrogens is 304 g/mol. The predicted octanol–water partition coefficient (Wildman–Crippen LogP) is 5.57. The Balaban J connectivity index is 2.67. The molecule has 0 heterocycles. The molecule has 2 N–H and O–H groups in total. The number of rotatable bonds is 4. The van der Waals surface area contributed by atoms with Crippen LogP contribution in [0.4, 0.5) is 5.69 Å². The first-order valence-electron chi connectivity index (χ1n) is 7.96. The zero-order chi connectivity index (χ0) is 17.2. The Kier molecular flexibility index (Phi) is 5.16. The molecule has 0 unspecified atom stereocenters. The first-order chi connectivity index (χ1) is 10.7. The summed E-state index contributed by atoms with van der Waals surface area (Å²) < 4.78 is 0. The van der Waals surface area contributed by atoms with Crippen LogP contribution in [0.25, 0.3) is 0 Å². The second kappa shape index (κ2) is 6.76. The lowest BCUT2D eigenvalue weighted by molar-refractivity contribution is 0.505. The lowest BCUT2D eigenvalue weighted by Crippen LogP contribution is -2.20. The van der Waals surface area contributed by atoms with Crippen molar-refractivity contribution in [2.75, 3.05) is 5.73 Å². The van der Waals surface area contributed by atoms with Crippen molar-refractivity contribution in [3.63, 3.8) is 0 Å². The summed E-state index contributed by atoms with van der Waals surface area (Å²) in [5.41, 5.74) is 11.9. The number of aryl methyl sites for hydroxylation is 2. The molecule has 0 aliphatic heterocycles. The summed E-state index contributed by atoms with van der Waals surface area (Å²) in [4.78, 5) is 5.06. The third kappa shape index (κ3) is 4.14. The fourth-order valence-corrected chi connectivity index (χ4v) is 2.52. The van der Waals surface area contributed by atoms with E-state index in [-0.39, 0.29) is 5.54 Å². The van der Waals surface area contributed by atoms with Crippen LogP contribution in [0.5, 0.6) is 0 Å². The van der Waals surface area contributed by atoms with Crippen LogP contribution in [0.3, 0.4) is 0 Å². The molecule has 0 fully saturated rings. The van der Waals surface area contributed by atoms with Gasteiger partial charge in [0, 0.05) is 21.8 Å². The number of benzene rings is 2. The minimum Gasteiger partial charge on any atom is -0.399 e. The molecule has 0 radical (unpaired) electrons. The van der Waals surface area contributed by atoms with Crippen LogP contribution in [-0.2, 0) is 0 Å². The van der Waals surface area contributed by atoms with Crippen molar-refractivity contribution in [2.45, 2.75) is 46.6 Å². The van der Waals surface area contributed by atoms with Gasteiger partial charge < -0.3 is 5.73 Å². The Morgan fingerprint density at radius 1 is 1.09 bits per heavy atom. The molecule has 0 saturated heterocycles. The Morgan fingerprint density at radius 2 is 1.78 bits per heavy atom. The SMILES string of the molecule is CCC(C)(C)N=C(c1ccc(Cl)c(C)c1)c1ccc(N)cc1C. The molecule has 2 aromatic carbocycles. The molecule has 23 heavy (non-hydrogen) atoms. The predicted molar refractivity (Wildman–Crippen MR) is 102 cm³/mol. The summed E-state index contributed by atoms with van der Waals surface area (Å²) in [6, 6.07) is 12.1. The van der Waals surface area contributed by atoms with Crippen molar-refractivity contribution in [3.8, 4) is 0 Å². The molecular formula is C20H25ClN2. The summed E-state index contributed by atoms with van der Waals surface area (Å²) >= 11 is 6.19. The van der Waals surface area contributed by atoms with Crippen molar-refractivity contribution in [2.24, 2.45) is 4.99 Å². The number of nitrogen functional groups attached to an aromatic ring is 1. The van der Waals surface area contributed by atoms with Gasteiger partial charge in [0.2, 0.25) is 0 Å². The molecule has 0 aliphatic carbocycles. The topological polar surface area (TPSA) is 38.4 Å². The molecule has 3 heteroatoms.